The quantitative estimate of drug-likeness (QED) is 0.0211. The van der Waals surface area contributed by atoms with Crippen LogP contribution in [-0.4, -0.2) is 87.4 Å². The van der Waals surface area contributed by atoms with Crippen LogP contribution in [-0.2, 0) is 33.3 Å². The third-order valence-corrected chi connectivity index (χ3v) is 12.2. The molecule has 0 aromatic rings. The lowest BCUT2D eigenvalue weighted by molar-refractivity contribution is -0.870. The Labute approximate surface area is 459 Å². The number of ether oxygens (including phenoxy) is 4. The molecule has 2 unspecified atom stereocenters. The number of aliphatic carboxylic acids is 1. The molecule has 9 heteroatoms. The third kappa shape index (κ3) is 57.2. The molecule has 0 bridgehead atoms. The first kappa shape index (κ1) is 70.7. The average Bonchev–Trinajstić information content (AvgIpc) is 3.38. The van der Waals surface area contributed by atoms with Crippen LogP contribution in [0.4, 0.5) is 0 Å². The van der Waals surface area contributed by atoms with Crippen LogP contribution in [0.3, 0.4) is 0 Å². The van der Waals surface area contributed by atoms with Crippen molar-refractivity contribution in [3.05, 3.63) is 122 Å². The first-order chi connectivity index (χ1) is 36.6. The van der Waals surface area contributed by atoms with Crippen molar-refractivity contribution in [2.45, 2.75) is 232 Å². The lowest BCUT2D eigenvalue weighted by Crippen LogP contribution is -2.40. The zero-order valence-electron chi connectivity index (χ0n) is 48.4. The Bertz CT molecular complexity index is 1640. The minimum absolute atomic E-state index is 0.130. The number of hydrogen-bond donors (Lipinski definition) is 1. The summed E-state index contributed by atoms with van der Waals surface area (Å²) in [6.07, 6.45) is 75.9. The molecule has 0 aliphatic carbocycles. The highest BCUT2D eigenvalue weighted by molar-refractivity contribution is 5.71. The van der Waals surface area contributed by atoms with Crippen molar-refractivity contribution in [2.75, 3.05) is 47.5 Å². The maximum absolute atomic E-state index is 12.8. The van der Waals surface area contributed by atoms with Gasteiger partial charge in [-0.15, -0.1) is 0 Å². The predicted octanol–water partition coefficient (Wildman–Crippen LogP) is 17.7. The van der Waals surface area contributed by atoms with Crippen LogP contribution in [0.25, 0.3) is 0 Å². The number of carboxylic acids is 1. The second-order valence-corrected chi connectivity index (χ2v) is 20.5. The summed E-state index contributed by atoms with van der Waals surface area (Å²) in [4.78, 5) is 37.4. The summed E-state index contributed by atoms with van der Waals surface area (Å²) in [7, 11) is 5.94. The van der Waals surface area contributed by atoms with E-state index < -0.39 is 24.3 Å². The van der Waals surface area contributed by atoms with Crippen molar-refractivity contribution in [2.24, 2.45) is 0 Å². The molecule has 1 N–H and O–H groups in total. The van der Waals surface area contributed by atoms with Crippen molar-refractivity contribution < 1.29 is 42.9 Å². The number of allylic oxidation sites excluding steroid dienone is 20. The molecule has 0 aliphatic rings. The fourth-order valence-corrected chi connectivity index (χ4v) is 7.74. The molecule has 0 spiro atoms. The summed E-state index contributed by atoms with van der Waals surface area (Å²) in [6, 6.07) is 0. The summed E-state index contributed by atoms with van der Waals surface area (Å²) in [5.74, 6) is -2.13. The molecule has 2 atom stereocenters. The molecule has 426 valence electrons. The SMILES string of the molecule is CC/C=C\C/C=C\C/C=C\C/C=C\C/C=C\C/C=C\CCC(=O)OC(COC(=O)CCCCCCCCCCCCCCCCCCCC/C=C\C/C=C\C/C=C\C/C=C\CC)COC(OCC[N+](C)(C)C)C(=O)O. The van der Waals surface area contributed by atoms with Gasteiger partial charge in [-0.25, -0.2) is 4.79 Å². The summed E-state index contributed by atoms with van der Waals surface area (Å²) in [5.41, 5.74) is 0. The summed E-state index contributed by atoms with van der Waals surface area (Å²) < 4.78 is 22.8. The van der Waals surface area contributed by atoms with Gasteiger partial charge in [0.1, 0.15) is 13.2 Å². The minimum atomic E-state index is -1.54. The van der Waals surface area contributed by atoms with E-state index in [1.165, 1.54) is 103 Å². The lowest BCUT2D eigenvalue weighted by Gasteiger charge is -2.25. The van der Waals surface area contributed by atoms with Crippen LogP contribution in [0.15, 0.2) is 122 Å². The van der Waals surface area contributed by atoms with Crippen molar-refractivity contribution in [3.8, 4) is 0 Å². The molecule has 9 nitrogen and oxygen atoms in total. The standard InChI is InChI=1S/C66H109NO8/c1-6-8-10-12-14-16-18-20-22-24-26-27-28-29-30-31-32-33-34-35-36-37-39-40-42-44-46-48-50-52-54-56-63(68)73-60-62(61-74-66(65(70)71)72-59-58-67(3,4)5)75-64(69)57-55-53-51-49-47-45-43-41-38-25-23-21-19-17-15-13-11-9-7-2/h8-11,14-17,20-23,26-27,38,41,45,47,51,53,62,66H,6-7,12-13,18-19,24-25,28-37,39-40,42-44,46,48-50,52,54-61H2,1-5H3/p+1/b10-8-,11-9-,16-14-,17-15-,22-20-,23-21-,27-26-,41-38-,47-45-,53-51-. The van der Waals surface area contributed by atoms with E-state index in [9.17, 15) is 19.5 Å². The van der Waals surface area contributed by atoms with Crippen molar-refractivity contribution in [1.82, 2.24) is 0 Å². The fourth-order valence-electron chi connectivity index (χ4n) is 7.74. The molecule has 0 heterocycles. The molecule has 0 aromatic heterocycles. The molecular formula is C66H110NO8+. The average molecular weight is 1050 g/mol. The largest absolute Gasteiger partial charge is 0.477 e. The zero-order chi connectivity index (χ0) is 54.8. The second-order valence-electron chi connectivity index (χ2n) is 20.5. The first-order valence-corrected chi connectivity index (χ1v) is 29.7. The van der Waals surface area contributed by atoms with Gasteiger partial charge in [-0.2, -0.15) is 0 Å². The molecule has 0 saturated carbocycles. The van der Waals surface area contributed by atoms with Crippen LogP contribution in [0, 0.1) is 0 Å². The van der Waals surface area contributed by atoms with Gasteiger partial charge in [0.15, 0.2) is 6.10 Å². The number of carboxylic acid groups (broad SMARTS) is 1. The van der Waals surface area contributed by atoms with E-state index >= 15 is 0 Å². The van der Waals surface area contributed by atoms with E-state index in [1.807, 2.05) is 33.3 Å². The molecule has 0 fully saturated rings. The molecule has 0 radical (unpaired) electrons. The van der Waals surface area contributed by atoms with Gasteiger partial charge in [-0.3, -0.25) is 9.59 Å². The van der Waals surface area contributed by atoms with Crippen LogP contribution >= 0.6 is 0 Å². The highest BCUT2D eigenvalue weighted by Crippen LogP contribution is 2.16. The van der Waals surface area contributed by atoms with E-state index in [0.717, 1.165) is 83.5 Å². The Morgan fingerprint density at radius 3 is 1.12 bits per heavy atom. The zero-order valence-corrected chi connectivity index (χ0v) is 48.4. The van der Waals surface area contributed by atoms with E-state index in [0.29, 0.717) is 17.4 Å². The Kier molecular flexibility index (Phi) is 52.7. The van der Waals surface area contributed by atoms with Crippen LogP contribution < -0.4 is 0 Å². The van der Waals surface area contributed by atoms with E-state index in [4.69, 9.17) is 18.9 Å². The van der Waals surface area contributed by atoms with Crippen LogP contribution in [0.5, 0.6) is 0 Å². The normalized spacial score (nSPS) is 13.7. The summed E-state index contributed by atoms with van der Waals surface area (Å²) >= 11 is 0. The molecule has 0 amide bonds. The van der Waals surface area contributed by atoms with E-state index in [1.54, 1.807) is 0 Å². The van der Waals surface area contributed by atoms with Gasteiger partial charge in [0.2, 0.25) is 0 Å². The van der Waals surface area contributed by atoms with Crippen molar-refractivity contribution >= 4 is 17.9 Å². The molecule has 0 aromatic carbocycles. The maximum atomic E-state index is 12.8. The van der Waals surface area contributed by atoms with Gasteiger partial charge in [-0.05, 0) is 89.9 Å². The fraction of sp³-hybridized carbons (Fsp3) is 0.652. The molecule has 0 aliphatic heterocycles. The Hall–Kier alpha value is -4.31. The Morgan fingerprint density at radius 2 is 0.747 bits per heavy atom. The smallest absolute Gasteiger partial charge is 0.361 e. The van der Waals surface area contributed by atoms with Gasteiger partial charge < -0.3 is 28.5 Å². The van der Waals surface area contributed by atoms with Gasteiger partial charge in [-0.1, -0.05) is 238 Å². The highest BCUT2D eigenvalue weighted by atomic mass is 16.7. The highest BCUT2D eigenvalue weighted by Gasteiger charge is 2.25. The van der Waals surface area contributed by atoms with Crippen LogP contribution in [0.2, 0.25) is 0 Å². The number of quaternary nitrogens is 1. The molecule has 0 saturated heterocycles. The topological polar surface area (TPSA) is 108 Å². The number of nitrogens with zero attached hydrogens (tertiary/aromatic N) is 1. The van der Waals surface area contributed by atoms with Crippen molar-refractivity contribution in [1.29, 1.82) is 0 Å². The third-order valence-electron chi connectivity index (χ3n) is 12.2. The van der Waals surface area contributed by atoms with Gasteiger partial charge >= 0.3 is 17.9 Å². The van der Waals surface area contributed by atoms with Gasteiger partial charge in [0.05, 0.1) is 34.4 Å². The number of carbonyl (C=O) groups excluding carboxylic acids is 2. The number of likely N-dealkylation sites (N-methyl/N-ethyl adjacent to an activating group) is 1. The number of unbranched alkanes of at least 4 members (excludes halogenated alkanes) is 18. The summed E-state index contributed by atoms with van der Waals surface area (Å²) in [6.45, 7) is 4.56. The van der Waals surface area contributed by atoms with Gasteiger partial charge in [0.25, 0.3) is 6.29 Å². The second kappa shape index (κ2) is 55.9. The summed E-state index contributed by atoms with van der Waals surface area (Å²) in [5, 5.41) is 9.70. The monoisotopic (exact) mass is 1040 g/mol. The number of rotatable bonds is 53. The van der Waals surface area contributed by atoms with E-state index in [-0.39, 0.29) is 38.6 Å². The van der Waals surface area contributed by atoms with Gasteiger partial charge in [0, 0.05) is 12.8 Å². The number of esters is 2. The number of carbonyl (C=O) groups is 3. The molecular weight excluding hydrogens is 935 g/mol. The van der Waals surface area contributed by atoms with Crippen LogP contribution in [0.1, 0.15) is 219 Å². The molecule has 0 rings (SSSR count). The predicted molar refractivity (Wildman–Crippen MR) is 318 cm³/mol. The maximum Gasteiger partial charge on any atom is 0.361 e. The lowest BCUT2D eigenvalue weighted by atomic mass is 10.0. The number of hydrogen-bond acceptors (Lipinski definition) is 7. The minimum Gasteiger partial charge on any atom is -0.477 e. The first-order valence-electron chi connectivity index (χ1n) is 29.7. The van der Waals surface area contributed by atoms with Crippen molar-refractivity contribution in [3.63, 3.8) is 0 Å². The van der Waals surface area contributed by atoms with E-state index in [2.05, 4.69) is 123 Å². The Morgan fingerprint density at radius 1 is 0.400 bits per heavy atom. The Balaban J connectivity index is 4.23. The molecule has 75 heavy (non-hydrogen) atoms.